The first-order valence-electron chi connectivity index (χ1n) is 5.32. The average Bonchev–Trinajstić information content (AvgIpc) is 2.73. The topological polar surface area (TPSA) is 46.8 Å². The number of aliphatic imine (C=N–C) groups is 2. The largest absolute Gasteiger partial charge is 0.494 e. The van der Waals surface area contributed by atoms with Gasteiger partial charge in [-0.25, -0.2) is 9.98 Å². The lowest BCUT2D eigenvalue weighted by Gasteiger charge is -2.02. The summed E-state index contributed by atoms with van der Waals surface area (Å²) in [6.07, 6.45) is 3.42. The molecule has 1 aromatic rings. The minimum absolute atomic E-state index is 0.0211. The average molecular weight is 227 g/mol. The summed E-state index contributed by atoms with van der Waals surface area (Å²) in [4.78, 5) is 12.6. The molecule has 0 saturated heterocycles. The van der Waals surface area contributed by atoms with Crippen molar-refractivity contribution < 1.29 is 4.74 Å². The first-order valence-corrected chi connectivity index (χ1v) is 5.32. The Balaban J connectivity index is 2.28. The number of hydrogen-bond acceptors (Lipinski definition) is 4. The molecule has 1 aromatic heterocycles. The van der Waals surface area contributed by atoms with Crippen molar-refractivity contribution in [1.29, 1.82) is 0 Å². The Kier molecular flexibility index (Phi) is 3.20. The predicted octanol–water partition coefficient (Wildman–Crippen LogP) is 1.62. The molecule has 2 heterocycles. The van der Waals surface area contributed by atoms with Crippen LogP contribution in [0.15, 0.2) is 22.2 Å². The van der Waals surface area contributed by atoms with E-state index >= 15 is 0 Å². The lowest BCUT2D eigenvalue weighted by molar-refractivity contribution is 0.411. The van der Waals surface area contributed by atoms with Crippen LogP contribution in [0.1, 0.15) is 18.2 Å². The summed E-state index contributed by atoms with van der Waals surface area (Å²) in [6, 6.07) is 1.91. The number of pyridine rings is 1. The Morgan fingerprint density at radius 3 is 2.82 bits per heavy atom. The van der Waals surface area contributed by atoms with E-state index in [1.165, 1.54) is 0 Å². The molecular formula is C13H13N3O. The fourth-order valence-electron chi connectivity index (χ4n) is 1.43. The van der Waals surface area contributed by atoms with E-state index in [9.17, 15) is 0 Å². The van der Waals surface area contributed by atoms with Gasteiger partial charge in [-0.3, -0.25) is 4.99 Å². The maximum Gasteiger partial charge on any atom is 0.155 e. The molecule has 0 aliphatic carbocycles. The van der Waals surface area contributed by atoms with Gasteiger partial charge in [-0.2, -0.15) is 0 Å². The monoisotopic (exact) mass is 227 g/mol. The SMILES string of the molecule is COc1cc(C)cnc1C#CC1=NC(C)N=C1. The predicted molar refractivity (Wildman–Crippen MR) is 67.8 cm³/mol. The minimum Gasteiger partial charge on any atom is -0.494 e. The van der Waals surface area contributed by atoms with Crippen LogP contribution >= 0.6 is 0 Å². The summed E-state index contributed by atoms with van der Waals surface area (Å²) in [7, 11) is 1.61. The third kappa shape index (κ3) is 2.70. The molecular weight excluding hydrogens is 214 g/mol. The van der Waals surface area contributed by atoms with E-state index in [0.717, 1.165) is 5.56 Å². The summed E-state index contributed by atoms with van der Waals surface area (Å²) in [5.41, 5.74) is 2.34. The van der Waals surface area contributed by atoms with Crippen LogP contribution in [-0.2, 0) is 0 Å². The van der Waals surface area contributed by atoms with E-state index in [4.69, 9.17) is 4.74 Å². The number of ether oxygens (including phenoxy) is 1. The molecule has 2 rings (SSSR count). The van der Waals surface area contributed by atoms with Crippen molar-refractivity contribution in [2.45, 2.75) is 20.0 Å². The Morgan fingerprint density at radius 2 is 2.18 bits per heavy atom. The molecule has 1 unspecified atom stereocenters. The summed E-state index contributed by atoms with van der Waals surface area (Å²) in [6.45, 7) is 3.87. The van der Waals surface area contributed by atoms with Crippen molar-refractivity contribution >= 4 is 11.9 Å². The van der Waals surface area contributed by atoms with Crippen LogP contribution in [0.5, 0.6) is 5.75 Å². The van der Waals surface area contributed by atoms with Gasteiger partial charge in [-0.05, 0) is 37.3 Å². The van der Waals surface area contributed by atoms with Crippen LogP contribution in [0.4, 0.5) is 0 Å². The standard InChI is InChI=1S/C13H13N3O/c1-9-6-13(17-3)12(15-7-9)5-4-11-8-14-10(2)16-11/h6-8,10H,1-3H3. The van der Waals surface area contributed by atoms with Crippen LogP contribution in [0.2, 0.25) is 0 Å². The third-order valence-electron chi connectivity index (χ3n) is 2.26. The number of aromatic nitrogens is 1. The van der Waals surface area contributed by atoms with Crippen molar-refractivity contribution in [2.75, 3.05) is 7.11 Å². The van der Waals surface area contributed by atoms with Crippen molar-refractivity contribution in [2.24, 2.45) is 9.98 Å². The highest BCUT2D eigenvalue weighted by Gasteiger charge is 2.05. The Hall–Kier alpha value is -2.15. The maximum atomic E-state index is 5.22. The van der Waals surface area contributed by atoms with Gasteiger partial charge in [0.05, 0.1) is 13.3 Å². The molecule has 4 nitrogen and oxygen atoms in total. The zero-order valence-electron chi connectivity index (χ0n) is 10.1. The Labute approximate surface area is 100 Å². The quantitative estimate of drug-likeness (QED) is 0.684. The molecule has 4 heteroatoms. The first-order chi connectivity index (χ1) is 8.19. The van der Waals surface area contributed by atoms with Crippen LogP contribution in [0, 0.1) is 18.8 Å². The van der Waals surface area contributed by atoms with Gasteiger partial charge in [0, 0.05) is 6.20 Å². The molecule has 0 radical (unpaired) electrons. The summed E-state index contributed by atoms with van der Waals surface area (Å²) in [5.74, 6) is 6.56. The van der Waals surface area contributed by atoms with Gasteiger partial charge >= 0.3 is 0 Å². The lowest BCUT2D eigenvalue weighted by Crippen LogP contribution is -1.95. The lowest BCUT2D eigenvalue weighted by atomic mass is 10.2. The van der Waals surface area contributed by atoms with E-state index < -0.39 is 0 Å². The van der Waals surface area contributed by atoms with Crippen LogP contribution in [0.25, 0.3) is 0 Å². The highest BCUT2D eigenvalue weighted by Crippen LogP contribution is 2.15. The van der Waals surface area contributed by atoms with E-state index in [2.05, 4.69) is 26.8 Å². The van der Waals surface area contributed by atoms with E-state index in [0.29, 0.717) is 17.2 Å². The molecule has 17 heavy (non-hydrogen) atoms. The van der Waals surface area contributed by atoms with Gasteiger partial charge in [0.2, 0.25) is 0 Å². The zero-order valence-corrected chi connectivity index (χ0v) is 10.1. The third-order valence-corrected chi connectivity index (χ3v) is 2.26. The number of methoxy groups -OCH3 is 1. The first kappa shape index (κ1) is 11.3. The van der Waals surface area contributed by atoms with Crippen molar-refractivity contribution in [3.8, 4) is 17.6 Å². The second kappa shape index (κ2) is 4.79. The highest BCUT2D eigenvalue weighted by molar-refractivity contribution is 6.39. The number of nitrogens with zero attached hydrogens (tertiary/aromatic N) is 3. The number of aryl methyl sites for hydroxylation is 1. The molecule has 0 saturated carbocycles. The van der Waals surface area contributed by atoms with Crippen molar-refractivity contribution in [1.82, 2.24) is 4.98 Å². The van der Waals surface area contributed by atoms with Gasteiger partial charge < -0.3 is 4.74 Å². The summed E-state index contributed by atoms with van der Waals surface area (Å²) >= 11 is 0. The molecule has 0 bridgehead atoms. The molecule has 0 N–H and O–H groups in total. The van der Waals surface area contributed by atoms with Crippen molar-refractivity contribution in [3.05, 3.63) is 23.5 Å². The Morgan fingerprint density at radius 1 is 1.35 bits per heavy atom. The normalized spacial score (nSPS) is 17.4. The fourth-order valence-corrected chi connectivity index (χ4v) is 1.43. The van der Waals surface area contributed by atoms with Gasteiger partial charge in [0.15, 0.2) is 11.4 Å². The second-order valence-electron chi connectivity index (χ2n) is 3.74. The van der Waals surface area contributed by atoms with Crippen LogP contribution in [-0.4, -0.2) is 30.2 Å². The van der Waals surface area contributed by atoms with Crippen molar-refractivity contribution in [3.63, 3.8) is 0 Å². The molecule has 86 valence electrons. The molecule has 0 spiro atoms. The van der Waals surface area contributed by atoms with Gasteiger partial charge in [-0.15, -0.1) is 0 Å². The molecule has 1 aliphatic heterocycles. The zero-order chi connectivity index (χ0) is 12.3. The maximum absolute atomic E-state index is 5.22. The van der Waals surface area contributed by atoms with Crippen LogP contribution in [0.3, 0.4) is 0 Å². The summed E-state index contributed by atoms with van der Waals surface area (Å²) in [5, 5.41) is 0. The van der Waals surface area contributed by atoms with Gasteiger partial charge in [-0.1, -0.05) is 0 Å². The van der Waals surface area contributed by atoms with E-state index in [1.54, 1.807) is 19.5 Å². The fraction of sp³-hybridized carbons (Fsp3) is 0.308. The molecule has 1 aliphatic rings. The number of rotatable bonds is 1. The second-order valence-corrected chi connectivity index (χ2v) is 3.74. The van der Waals surface area contributed by atoms with Crippen LogP contribution < -0.4 is 4.74 Å². The molecule has 1 atom stereocenters. The Bertz CT molecular complexity index is 550. The summed E-state index contributed by atoms with van der Waals surface area (Å²) < 4.78 is 5.22. The number of hydrogen-bond donors (Lipinski definition) is 0. The molecule has 0 amide bonds. The molecule has 0 fully saturated rings. The highest BCUT2D eigenvalue weighted by atomic mass is 16.5. The molecule has 0 aromatic carbocycles. The smallest absolute Gasteiger partial charge is 0.155 e. The van der Waals surface area contributed by atoms with E-state index in [1.807, 2.05) is 19.9 Å². The minimum atomic E-state index is -0.0211. The van der Waals surface area contributed by atoms with E-state index in [-0.39, 0.29) is 6.17 Å². The van der Waals surface area contributed by atoms with Gasteiger partial charge in [0.25, 0.3) is 0 Å². The van der Waals surface area contributed by atoms with Gasteiger partial charge in [0.1, 0.15) is 11.9 Å².